The zero-order valence-corrected chi connectivity index (χ0v) is 18.5. The summed E-state index contributed by atoms with van der Waals surface area (Å²) < 4.78 is 20.4. The Morgan fingerprint density at radius 1 is 1.19 bits per heavy atom. The highest BCUT2D eigenvalue weighted by Gasteiger charge is 2.17. The van der Waals surface area contributed by atoms with Crippen LogP contribution in [0.2, 0.25) is 0 Å². The lowest BCUT2D eigenvalue weighted by Gasteiger charge is -2.05. The van der Waals surface area contributed by atoms with Crippen LogP contribution in [0.1, 0.15) is 22.5 Å². The van der Waals surface area contributed by atoms with Crippen molar-refractivity contribution in [2.45, 2.75) is 33.4 Å². The highest BCUT2D eigenvalue weighted by molar-refractivity contribution is 7.17. The van der Waals surface area contributed by atoms with Crippen molar-refractivity contribution in [2.24, 2.45) is 0 Å². The Morgan fingerprint density at radius 3 is 2.75 bits per heavy atom. The molecule has 3 aromatic heterocycles. The zero-order valence-electron chi connectivity index (χ0n) is 17.7. The lowest BCUT2D eigenvalue weighted by atomic mass is 10.1. The van der Waals surface area contributed by atoms with Gasteiger partial charge in [-0.2, -0.15) is 5.10 Å². The summed E-state index contributed by atoms with van der Waals surface area (Å²) in [6.45, 7) is 4.77. The maximum Gasteiger partial charge on any atom is 0.413 e. The third-order valence-electron chi connectivity index (χ3n) is 4.82. The van der Waals surface area contributed by atoms with Gasteiger partial charge in [0.15, 0.2) is 0 Å². The number of benzene rings is 1. The van der Waals surface area contributed by atoms with E-state index in [9.17, 15) is 9.18 Å². The van der Waals surface area contributed by atoms with Gasteiger partial charge in [0.05, 0.1) is 5.69 Å². The highest BCUT2D eigenvalue weighted by Crippen LogP contribution is 2.33. The van der Waals surface area contributed by atoms with Crippen LogP contribution >= 0.6 is 11.3 Å². The third-order valence-corrected chi connectivity index (χ3v) is 5.88. The number of thiazole rings is 1. The summed E-state index contributed by atoms with van der Waals surface area (Å²) in [6.07, 6.45) is 3.55. The number of hydrogen-bond donors (Lipinski definition) is 1. The average Bonchev–Trinajstić information content (AvgIpc) is 3.35. The predicted molar refractivity (Wildman–Crippen MR) is 120 cm³/mol. The van der Waals surface area contributed by atoms with E-state index in [2.05, 4.69) is 20.4 Å². The summed E-state index contributed by atoms with van der Waals surface area (Å²) in [6, 6.07) is 12.1. The van der Waals surface area contributed by atoms with E-state index in [1.807, 2.05) is 29.8 Å². The van der Waals surface area contributed by atoms with Crippen LogP contribution in [0.4, 0.5) is 9.18 Å². The van der Waals surface area contributed by atoms with Crippen LogP contribution in [-0.2, 0) is 19.5 Å². The van der Waals surface area contributed by atoms with Crippen molar-refractivity contribution in [3.63, 3.8) is 0 Å². The second-order valence-corrected chi connectivity index (χ2v) is 8.23. The molecule has 4 rings (SSSR count). The van der Waals surface area contributed by atoms with Crippen molar-refractivity contribution in [1.82, 2.24) is 25.1 Å². The topological polar surface area (TPSA) is 81.9 Å². The van der Waals surface area contributed by atoms with Crippen LogP contribution in [0.25, 0.3) is 10.7 Å². The first-order valence-corrected chi connectivity index (χ1v) is 10.9. The third kappa shape index (κ3) is 5.36. The molecule has 0 bridgehead atoms. The second kappa shape index (κ2) is 9.69. The lowest BCUT2D eigenvalue weighted by Crippen LogP contribution is -2.26. The second-order valence-electron chi connectivity index (χ2n) is 7.27. The first-order chi connectivity index (χ1) is 15.5. The molecule has 0 aliphatic heterocycles. The Balaban J connectivity index is 1.39. The molecule has 0 radical (unpaired) electrons. The molecule has 0 atom stereocenters. The Labute approximate surface area is 188 Å². The van der Waals surface area contributed by atoms with Crippen molar-refractivity contribution in [3.05, 3.63) is 83.2 Å². The Bertz CT molecular complexity index is 1210. The minimum Gasteiger partial charge on any atom is -0.397 e. The molecule has 4 aromatic rings. The van der Waals surface area contributed by atoms with Gasteiger partial charge in [-0.1, -0.05) is 29.5 Å². The maximum atomic E-state index is 13.1. The number of carbonyl (C=O) groups is 1. The minimum atomic E-state index is -0.548. The monoisotopic (exact) mass is 451 g/mol. The van der Waals surface area contributed by atoms with E-state index >= 15 is 0 Å². The summed E-state index contributed by atoms with van der Waals surface area (Å²) in [4.78, 5) is 20.7. The molecule has 1 aromatic carbocycles. The molecule has 32 heavy (non-hydrogen) atoms. The van der Waals surface area contributed by atoms with E-state index < -0.39 is 6.09 Å². The molecule has 0 spiro atoms. The number of halogens is 1. The van der Waals surface area contributed by atoms with Crippen LogP contribution in [0.3, 0.4) is 0 Å². The van der Waals surface area contributed by atoms with Crippen LogP contribution in [0.15, 0.2) is 54.9 Å². The van der Waals surface area contributed by atoms with Crippen molar-refractivity contribution < 1.29 is 13.9 Å². The molecule has 3 heterocycles. The SMILES string of the molecule is Cc1nc(-c2cc(C)n(CCc3ccc(F)cc3)n2)sc1OC(=O)NCc1cccnc1. The molecule has 0 saturated carbocycles. The van der Waals surface area contributed by atoms with Gasteiger partial charge in [0.1, 0.15) is 16.5 Å². The number of amides is 1. The van der Waals surface area contributed by atoms with Gasteiger partial charge < -0.3 is 10.1 Å². The number of rotatable bonds is 7. The smallest absolute Gasteiger partial charge is 0.397 e. The maximum absolute atomic E-state index is 13.1. The quantitative estimate of drug-likeness (QED) is 0.441. The first kappa shape index (κ1) is 21.6. The largest absolute Gasteiger partial charge is 0.413 e. The number of aryl methyl sites for hydroxylation is 4. The Morgan fingerprint density at radius 2 is 2.00 bits per heavy atom. The molecule has 0 aliphatic rings. The van der Waals surface area contributed by atoms with E-state index in [-0.39, 0.29) is 5.82 Å². The first-order valence-electron chi connectivity index (χ1n) is 10.1. The van der Waals surface area contributed by atoms with E-state index in [0.717, 1.165) is 28.9 Å². The van der Waals surface area contributed by atoms with E-state index in [1.54, 1.807) is 31.5 Å². The summed E-state index contributed by atoms with van der Waals surface area (Å²) in [5, 5.41) is 8.47. The van der Waals surface area contributed by atoms with Crippen LogP contribution in [0.5, 0.6) is 5.06 Å². The van der Waals surface area contributed by atoms with Crippen LogP contribution in [-0.4, -0.2) is 25.8 Å². The number of ether oxygens (including phenoxy) is 1. The van der Waals surface area contributed by atoms with Gasteiger partial charge in [-0.25, -0.2) is 14.2 Å². The van der Waals surface area contributed by atoms with Crippen molar-refractivity contribution in [1.29, 1.82) is 0 Å². The van der Waals surface area contributed by atoms with Gasteiger partial charge in [-0.05, 0) is 55.7 Å². The molecule has 164 valence electrons. The highest BCUT2D eigenvalue weighted by atomic mass is 32.1. The lowest BCUT2D eigenvalue weighted by molar-refractivity contribution is 0.201. The van der Waals surface area contributed by atoms with Crippen molar-refractivity contribution >= 4 is 17.4 Å². The van der Waals surface area contributed by atoms with E-state index in [4.69, 9.17) is 4.74 Å². The van der Waals surface area contributed by atoms with Crippen LogP contribution < -0.4 is 10.1 Å². The number of aromatic nitrogens is 4. The number of nitrogens with one attached hydrogen (secondary N) is 1. The Hall–Kier alpha value is -3.59. The molecule has 1 N–H and O–H groups in total. The van der Waals surface area contributed by atoms with Crippen molar-refractivity contribution in [3.8, 4) is 15.8 Å². The van der Waals surface area contributed by atoms with Gasteiger partial charge >= 0.3 is 6.09 Å². The predicted octanol–water partition coefficient (Wildman–Crippen LogP) is 4.69. The minimum absolute atomic E-state index is 0.241. The van der Waals surface area contributed by atoms with Crippen molar-refractivity contribution in [2.75, 3.05) is 0 Å². The number of pyridine rings is 1. The van der Waals surface area contributed by atoms with Gasteiger partial charge in [0.2, 0.25) is 5.06 Å². The molecule has 0 fully saturated rings. The molecule has 0 unspecified atom stereocenters. The number of carbonyl (C=O) groups excluding carboxylic acids is 1. The van der Waals surface area contributed by atoms with Gasteiger partial charge in [0.25, 0.3) is 0 Å². The molecular formula is C23H22FN5O2S. The fraction of sp³-hybridized carbons (Fsp3) is 0.217. The molecule has 1 amide bonds. The van der Waals surface area contributed by atoms with Crippen LogP contribution in [0, 0.1) is 19.7 Å². The molecule has 0 saturated heterocycles. The number of nitrogens with zero attached hydrogens (tertiary/aromatic N) is 4. The fourth-order valence-electron chi connectivity index (χ4n) is 3.11. The normalized spacial score (nSPS) is 10.8. The zero-order chi connectivity index (χ0) is 22.5. The van der Waals surface area contributed by atoms with E-state index in [0.29, 0.717) is 28.9 Å². The van der Waals surface area contributed by atoms with Gasteiger partial charge in [0, 0.05) is 31.2 Å². The molecule has 0 aliphatic carbocycles. The molecule has 7 nitrogen and oxygen atoms in total. The summed E-state index contributed by atoms with van der Waals surface area (Å²) in [5.41, 5.74) is 4.26. The van der Waals surface area contributed by atoms with Gasteiger partial charge in [-0.3, -0.25) is 9.67 Å². The Kier molecular flexibility index (Phi) is 6.55. The van der Waals surface area contributed by atoms with E-state index in [1.165, 1.54) is 23.5 Å². The van der Waals surface area contributed by atoms with Gasteiger partial charge in [-0.15, -0.1) is 0 Å². The molecular weight excluding hydrogens is 429 g/mol. The average molecular weight is 452 g/mol. The summed E-state index contributed by atoms with van der Waals surface area (Å²) in [5.74, 6) is -0.241. The number of hydrogen-bond acceptors (Lipinski definition) is 6. The standard InChI is InChI=1S/C23H22FN5O2S/c1-15-12-20(28-29(15)11-9-17-5-7-19(24)8-6-17)21-27-16(2)22(32-21)31-23(30)26-14-18-4-3-10-25-13-18/h3-8,10,12-13H,9,11,14H2,1-2H3,(H,26,30). The summed E-state index contributed by atoms with van der Waals surface area (Å²) >= 11 is 1.28. The molecule has 9 heteroatoms. The summed E-state index contributed by atoms with van der Waals surface area (Å²) in [7, 11) is 0. The fourth-order valence-corrected chi connectivity index (χ4v) is 3.98.